The second-order valence-corrected chi connectivity index (χ2v) is 5.25. The van der Waals surface area contributed by atoms with Gasteiger partial charge in [0.25, 0.3) is 0 Å². The molecule has 1 aromatic rings. The first-order valence-electron chi connectivity index (χ1n) is 7.43. The third-order valence-electron chi connectivity index (χ3n) is 3.66. The van der Waals surface area contributed by atoms with E-state index in [4.69, 9.17) is 4.74 Å². The molecule has 0 radical (unpaired) electrons. The summed E-state index contributed by atoms with van der Waals surface area (Å²) in [7, 11) is 0. The van der Waals surface area contributed by atoms with Crippen LogP contribution >= 0.6 is 0 Å². The van der Waals surface area contributed by atoms with Gasteiger partial charge in [0.1, 0.15) is 11.9 Å². The molecular weight excluding hydrogens is 252 g/mol. The monoisotopic (exact) mass is 274 g/mol. The van der Waals surface area contributed by atoms with Crippen molar-refractivity contribution < 1.29 is 14.6 Å². The zero-order valence-electron chi connectivity index (χ0n) is 12.0. The number of benzene rings is 1. The van der Waals surface area contributed by atoms with Gasteiger partial charge in [0.05, 0.1) is 0 Å². The molecule has 1 aliphatic heterocycles. The van der Waals surface area contributed by atoms with Crippen LogP contribution in [0.2, 0.25) is 0 Å². The lowest BCUT2D eigenvalue weighted by atomic mass is 9.96. The van der Waals surface area contributed by atoms with E-state index in [1.165, 1.54) is 25.3 Å². The molecular formula is C17H22O3. The zero-order chi connectivity index (χ0) is 14.4. The smallest absolute Gasteiger partial charge is 0.331 e. The van der Waals surface area contributed by atoms with E-state index < -0.39 is 0 Å². The largest absolute Gasteiger partial charge is 0.507 e. The summed E-state index contributed by atoms with van der Waals surface area (Å²) in [6.45, 7) is 2.19. The van der Waals surface area contributed by atoms with Crippen LogP contribution in [0, 0.1) is 0 Å². The number of hydrogen-bond acceptors (Lipinski definition) is 3. The summed E-state index contributed by atoms with van der Waals surface area (Å²) >= 11 is 0. The van der Waals surface area contributed by atoms with Crippen LogP contribution in [0.15, 0.2) is 30.3 Å². The van der Waals surface area contributed by atoms with Crippen LogP contribution in [0.1, 0.15) is 51.0 Å². The van der Waals surface area contributed by atoms with Crippen molar-refractivity contribution in [2.45, 2.75) is 51.6 Å². The van der Waals surface area contributed by atoms with Crippen molar-refractivity contribution in [2.24, 2.45) is 0 Å². The first kappa shape index (κ1) is 14.6. The van der Waals surface area contributed by atoms with Gasteiger partial charge in [-0.25, -0.2) is 4.79 Å². The molecule has 20 heavy (non-hydrogen) atoms. The lowest BCUT2D eigenvalue weighted by Gasteiger charge is -2.15. The van der Waals surface area contributed by atoms with E-state index in [1.54, 1.807) is 12.1 Å². The molecule has 3 heteroatoms. The topological polar surface area (TPSA) is 46.5 Å². The number of ether oxygens (including phenoxy) is 1. The standard InChI is InChI=1S/C17H22O3/c1-2-3-4-5-6-11-16-14(12-17(19)20-16)13-9-7-8-10-15(13)18/h7-10,12,16,18H,2-6,11H2,1H3. The number of para-hydroxylation sites is 1. The molecule has 1 aromatic carbocycles. The van der Waals surface area contributed by atoms with E-state index in [0.717, 1.165) is 24.8 Å². The van der Waals surface area contributed by atoms with Gasteiger partial charge in [-0.05, 0) is 18.9 Å². The number of aromatic hydroxyl groups is 1. The van der Waals surface area contributed by atoms with E-state index >= 15 is 0 Å². The Bertz CT molecular complexity index is 491. The number of phenolic OH excluding ortho intramolecular Hbond substituents is 1. The molecule has 1 atom stereocenters. The predicted octanol–water partition coefficient (Wildman–Crippen LogP) is 4.06. The van der Waals surface area contributed by atoms with Gasteiger partial charge >= 0.3 is 5.97 Å². The van der Waals surface area contributed by atoms with Crippen molar-refractivity contribution in [3.8, 4) is 5.75 Å². The number of hydrogen-bond donors (Lipinski definition) is 1. The molecule has 0 bridgehead atoms. The van der Waals surface area contributed by atoms with Gasteiger partial charge in [-0.15, -0.1) is 0 Å². The van der Waals surface area contributed by atoms with Crippen molar-refractivity contribution in [2.75, 3.05) is 0 Å². The summed E-state index contributed by atoms with van der Waals surface area (Å²) in [5.74, 6) is -0.102. The highest BCUT2D eigenvalue weighted by atomic mass is 16.5. The van der Waals surface area contributed by atoms with Crippen LogP contribution in [0.3, 0.4) is 0 Å². The molecule has 3 nitrogen and oxygen atoms in total. The Hall–Kier alpha value is -1.77. The minimum atomic E-state index is -0.304. The second-order valence-electron chi connectivity index (χ2n) is 5.25. The Morgan fingerprint density at radius 2 is 1.90 bits per heavy atom. The SMILES string of the molecule is CCCCCCCC1OC(=O)C=C1c1ccccc1O. The van der Waals surface area contributed by atoms with E-state index in [1.807, 2.05) is 12.1 Å². The zero-order valence-corrected chi connectivity index (χ0v) is 12.0. The van der Waals surface area contributed by atoms with Gasteiger partial charge in [-0.2, -0.15) is 0 Å². The molecule has 0 aromatic heterocycles. The minimum absolute atomic E-state index is 0.202. The molecule has 1 unspecified atom stereocenters. The number of unbranched alkanes of at least 4 members (excludes halogenated alkanes) is 4. The third-order valence-corrected chi connectivity index (χ3v) is 3.66. The normalized spacial score (nSPS) is 17.9. The summed E-state index contributed by atoms with van der Waals surface area (Å²) in [6, 6.07) is 7.10. The van der Waals surface area contributed by atoms with Crippen molar-refractivity contribution >= 4 is 11.5 Å². The van der Waals surface area contributed by atoms with Crippen molar-refractivity contribution in [1.29, 1.82) is 0 Å². The maximum atomic E-state index is 11.5. The summed E-state index contributed by atoms with van der Waals surface area (Å²) < 4.78 is 5.35. The number of cyclic esters (lactones) is 1. The third kappa shape index (κ3) is 3.62. The van der Waals surface area contributed by atoms with Crippen molar-refractivity contribution in [1.82, 2.24) is 0 Å². The number of carbonyl (C=O) groups is 1. The minimum Gasteiger partial charge on any atom is -0.507 e. The molecule has 1 aliphatic rings. The maximum Gasteiger partial charge on any atom is 0.331 e. The van der Waals surface area contributed by atoms with Crippen molar-refractivity contribution in [3.05, 3.63) is 35.9 Å². The van der Waals surface area contributed by atoms with Crippen LogP contribution < -0.4 is 0 Å². The lowest BCUT2D eigenvalue weighted by molar-refractivity contribution is -0.138. The van der Waals surface area contributed by atoms with Crippen LogP contribution in [0.4, 0.5) is 0 Å². The highest BCUT2D eigenvalue weighted by Gasteiger charge is 2.28. The molecule has 0 fully saturated rings. The fourth-order valence-corrected chi connectivity index (χ4v) is 2.57. The van der Waals surface area contributed by atoms with Gasteiger partial charge in [0.15, 0.2) is 0 Å². The molecule has 1 N–H and O–H groups in total. The number of esters is 1. The molecule has 0 aliphatic carbocycles. The maximum absolute atomic E-state index is 11.5. The Morgan fingerprint density at radius 3 is 2.65 bits per heavy atom. The molecule has 1 heterocycles. The Labute approximate surface area is 120 Å². The molecule has 2 rings (SSSR count). The molecule has 0 saturated carbocycles. The van der Waals surface area contributed by atoms with Gasteiger partial charge in [0, 0.05) is 17.2 Å². The number of phenols is 1. The van der Waals surface area contributed by atoms with E-state index in [9.17, 15) is 9.90 Å². The Morgan fingerprint density at radius 1 is 1.15 bits per heavy atom. The molecule has 0 spiro atoms. The summed E-state index contributed by atoms with van der Waals surface area (Å²) in [5, 5.41) is 9.91. The van der Waals surface area contributed by atoms with Crippen LogP contribution in [-0.4, -0.2) is 17.2 Å². The van der Waals surface area contributed by atoms with Crippen LogP contribution in [-0.2, 0) is 9.53 Å². The molecule has 108 valence electrons. The lowest BCUT2D eigenvalue weighted by Crippen LogP contribution is -2.11. The first-order chi connectivity index (χ1) is 9.72. The molecule has 0 saturated heterocycles. The number of rotatable bonds is 7. The summed E-state index contributed by atoms with van der Waals surface area (Å²) in [6.07, 6.45) is 8.04. The van der Waals surface area contributed by atoms with E-state index in [0.29, 0.717) is 5.56 Å². The second kappa shape index (κ2) is 7.13. The summed E-state index contributed by atoms with van der Waals surface area (Å²) in [5.41, 5.74) is 1.51. The first-order valence-corrected chi connectivity index (χ1v) is 7.43. The highest BCUT2D eigenvalue weighted by molar-refractivity contribution is 5.97. The van der Waals surface area contributed by atoms with Crippen molar-refractivity contribution in [3.63, 3.8) is 0 Å². The quantitative estimate of drug-likeness (QED) is 0.602. The Kier molecular flexibility index (Phi) is 5.22. The van der Waals surface area contributed by atoms with E-state index in [2.05, 4.69) is 6.92 Å². The average Bonchev–Trinajstić information content (AvgIpc) is 2.80. The fraction of sp³-hybridized carbons (Fsp3) is 0.471. The Balaban J connectivity index is 1.98. The van der Waals surface area contributed by atoms with Crippen LogP contribution in [0.5, 0.6) is 5.75 Å². The molecule has 0 amide bonds. The van der Waals surface area contributed by atoms with Gasteiger partial charge < -0.3 is 9.84 Å². The van der Waals surface area contributed by atoms with Gasteiger partial charge in [-0.3, -0.25) is 0 Å². The fourth-order valence-electron chi connectivity index (χ4n) is 2.57. The average molecular weight is 274 g/mol. The van der Waals surface area contributed by atoms with Gasteiger partial charge in [0.2, 0.25) is 0 Å². The van der Waals surface area contributed by atoms with Gasteiger partial charge in [-0.1, -0.05) is 50.8 Å². The predicted molar refractivity (Wildman–Crippen MR) is 79.3 cm³/mol. The number of carbonyl (C=O) groups excluding carboxylic acids is 1. The van der Waals surface area contributed by atoms with Crippen LogP contribution in [0.25, 0.3) is 5.57 Å². The summed E-state index contributed by atoms with van der Waals surface area (Å²) in [4.78, 5) is 11.5. The highest BCUT2D eigenvalue weighted by Crippen LogP contribution is 2.34. The van der Waals surface area contributed by atoms with E-state index in [-0.39, 0.29) is 17.8 Å².